The minimum atomic E-state index is -3.49. The molecule has 5 nitrogen and oxygen atoms in total. The van der Waals surface area contributed by atoms with Crippen LogP contribution in [0.25, 0.3) is 0 Å². The van der Waals surface area contributed by atoms with Crippen LogP contribution >= 0.6 is 0 Å². The molecule has 6 heteroatoms. The standard InChI is InChI=1S/C10H14N2O3S/c1-2-16(14,15)9-5-7(11)6-12(10(9)13)8-3-4-8/h5-6,8H,2-4,11H2,1H3. The first-order chi connectivity index (χ1) is 7.45. The van der Waals surface area contributed by atoms with Crippen molar-refractivity contribution in [1.82, 2.24) is 4.57 Å². The van der Waals surface area contributed by atoms with Crippen LogP contribution in [0.4, 0.5) is 5.69 Å². The van der Waals surface area contributed by atoms with Gasteiger partial charge in [-0.15, -0.1) is 0 Å². The van der Waals surface area contributed by atoms with E-state index in [1.165, 1.54) is 23.8 Å². The van der Waals surface area contributed by atoms with Crippen LogP contribution in [-0.2, 0) is 9.84 Å². The highest BCUT2D eigenvalue weighted by Gasteiger charge is 2.27. The van der Waals surface area contributed by atoms with E-state index >= 15 is 0 Å². The predicted octanol–water partition coefficient (Wildman–Crippen LogP) is 0.559. The molecule has 1 fully saturated rings. The molecular formula is C10H14N2O3S. The summed E-state index contributed by atoms with van der Waals surface area (Å²) in [6, 6.07) is 1.38. The molecule has 88 valence electrons. The van der Waals surface area contributed by atoms with Crippen LogP contribution in [0.1, 0.15) is 25.8 Å². The minimum Gasteiger partial charge on any atom is -0.398 e. The molecule has 2 rings (SSSR count). The third-order valence-electron chi connectivity index (χ3n) is 2.69. The predicted molar refractivity (Wildman–Crippen MR) is 61.1 cm³/mol. The Labute approximate surface area is 93.8 Å². The van der Waals surface area contributed by atoms with Crippen molar-refractivity contribution >= 4 is 15.5 Å². The summed E-state index contributed by atoms with van der Waals surface area (Å²) in [6.07, 6.45) is 3.35. The smallest absolute Gasteiger partial charge is 0.269 e. The van der Waals surface area contributed by atoms with Gasteiger partial charge < -0.3 is 10.3 Å². The monoisotopic (exact) mass is 242 g/mol. The molecule has 0 aliphatic heterocycles. The lowest BCUT2D eigenvalue weighted by Crippen LogP contribution is -2.26. The van der Waals surface area contributed by atoms with Gasteiger partial charge >= 0.3 is 0 Å². The summed E-state index contributed by atoms with van der Waals surface area (Å²) in [4.78, 5) is 11.8. The normalized spacial score (nSPS) is 16.3. The van der Waals surface area contributed by atoms with E-state index in [1.54, 1.807) is 0 Å². The summed E-state index contributed by atoms with van der Waals surface area (Å²) in [7, 11) is -3.49. The lowest BCUT2D eigenvalue weighted by atomic mass is 10.4. The number of rotatable bonds is 3. The Morgan fingerprint density at radius 1 is 1.50 bits per heavy atom. The number of nitrogen functional groups attached to an aromatic ring is 1. The van der Waals surface area contributed by atoms with E-state index in [0.717, 1.165) is 12.8 Å². The molecule has 0 aromatic carbocycles. The van der Waals surface area contributed by atoms with Gasteiger partial charge in [-0.25, -0.2) is 8.42 Å². The van der Waals surface area contributed by atoms with Crippen LogP contribution < -0.4 is 11.3 Å². The molecule has 1 aliphatic carbocycles. The van der Waals surface area contributed by atoms with E-state index < -0.39 is 15.4 Å². The largest absolute Gasteiger partial charge is 0.398 e. The topological polar surface area (TPSA) is 82.2 Å². The zero-order valence-corrected chi connectivity index (χ0v) is 9.83. The summed E-state index contributed by atoms with van der Waals surface area (Å²) in [5.41, 5.74) is 5.49. The average molecular weight is 242 g/mol. The second-order valence-electron chi connectivity index (χ2n) is 3.98. The van der Waals surface area contributed by atoms with Gasteiger partial charge in [0, 0.05) is 17.9 Å². The number of hydrogen-bond acceptors (Lipinski definition) is 4. The Balaban J connectivity index is 2.67. The molecule has 0 amide bonds. The van der Waals surface area contributed by atoms with E-state index in [1.807, 2.05) is 0 Å². The molecule has 2 N–H and O–H groups in total. The Kier molecular flexibility index (Phi) is 2.53. The maximum absolute atomic E-state index is 11.9. The van der Waals surface area contributed by atoms with Gasteiger partial charge in [-0.05, 0) is 18.9 Å². The summed E-state index contributed by atoms with van der Waals surface area (Å²) >= 11 is 0. The molecule has 1 aromatic heterocycles. The Hall–Kier alpha value is -1.30. The van der Waals surface area contributed by atoms with Crippen molar-refractivity contribution < 1.29 is 8.42 Å². The minimum absolute atomic E-state index is 0.0869. The molecule has 0 bridgehead atoms. The number of anilines is 1. The third kappa shape index (κ3) is 1.84. The van der Waals surface area contributed by atoms with Gasteiger partial charge in [0.25, 0.3) is 5.56 Å². The summed E-state index contributed by atoms with van der Waals surface area (Å²) in [6.45, 7) is 1.51. The zero-order valence-electron chi connectivity index (χ0n) is 9.01. The molecule has 1 aromatic rings. The first-order valence-electron chi connectivity index (χ1n) is 5.20. The number of pyridine rings is 1. The van der Waals surface area contributed by atoms with Gasteiger partial charge in [0.05, 0.1) is 5.75 Å². The summed E-state index contributed by atoms with van der Waals surface area (Å²) < 4.78 is 24.8. The molecule has 0 atom stereocenters. The van der Waals surface area contributed by atoms with Crippen molar-refractivity contribution in [2.75, 3.05) is 11.5 Å². The second kappa shape index (κ2) is 3.62. The second-order valence-corrected chi connectivity index (χ2v) is 6.23. The van der Waals surface area contributed by atoms with Gasteiger partial charge in [0.1, 0.15) is 4.90 Å². The SMILES string of the molecule is CCS(=O)(=O)c1cc(N)cn(C2CC2)c1=O. The lowest BCUT2D eigenvalue weighted by Gasteiger charge is -2.08. The van der Waals surface area contributed by atoms with Crippen LogP contribution in [0, 0.1) is 0 Å². The van der Waals surface area contributed by atoms with E-state index in [0.29, 0.717) is 5.69 Å². The van der Waals surface area contributed by atoms with Crippen molar-refractivity contribution in [2.24, 2.45) is 0 Å². The Bertz CT molecular complexity index is 570. The molecule has 0 unspecified atom stereocenters. The summed E-state index contributed by atoms with van der Waals surface area (Å²) in [5, 5.41) is 0. The number of nitrogens with zero attached hydrogens (tertiary/aromatic N) is 1. The fourth-order valence-corrected chi connectivity index (χ4v) is 2.60. The van der Waals surface area contributed by atoms with Crippen LogP contribution in [0.5, 0.6) is 0 Å². The highest BCUT2D eigenvalue weighted by atomic mass is 32.2. The van der Waals surface area contributed by atoms with Crippen molar-refractivity contribution in [3.05, 3.63) is 22.6 Å². The van der Waals surface area contributed by atoms with Crippen LogP contribution in [0.15, 0.2) is 22.0 Å². The van der Waals surface area contributed by atoms with Crippen LogP contribution in [0.2, 0.25) is 0 Å². The van der Waals surface area contributed by atoms with Crippen molar-refractivity contribution in [1.29, 1.82) is 0 Å². The van der Waals surface area contributed by atoms with E-state index in [-0.39, 0.29) is 16.7 Å². The van der Waals surface area contributed by atoms with Gasteiger partial charge in [-0.3, -0.25) is 4.79 Å². The third-order valence-corrected chi connectivity index (χ3v) is 4.41. The van der Waals surface area contributed by atoms with Gasteiger partial charge in [-0.1, -0.05) is 6.92 Å². The van der Waals surface area contributed by atoms with E-state index in [4.69, 9.17) is 5.73 Å². The molecular weight excluding hydrogens is 228 g/mol. The highest BCUT2D eigenvalue weighted by molar-refractivity contribution is 7.91. The lowest BCUT2D eigenvalue weighted by molar-refractivity contribution is 0.592. The fraction of sp³-hybridized carbons (Fsp3) is 0.500. The fourth-order valence-electron chi connectivity index (χ4n) is 1.60. The molecule has 0 radical (unpaired) electrons. The quantitative estimate of drug-likeness (QED) is 0.839. The van der Waals surface area contributed by atoms with Crippen LogP contribution in [-0.4, -0.2) is 18.7 Å². The molecule has 0 saturated heterocycles. The van der Waals surface area contributed by atoms with Crippen molar-refractivity contribution in [2.45, 2.75) is 30.7 Å². The number of nitrogens with two attached hydrogens (primary N) is 1. The zero-order chi connectivity index (χ0) is 11.9. The molecule has 1 heterocycles. The molecule has 1 saturated carbocycles. The Morgan fingerprint density at radius 2 is 2.12 bits per heavy atom. The van der Waals surface area contributed by atoms with Gasteiger partial charge in [-0.2, -0.15) is 0 Å². The molecule has 1 aliphatic rings. The number of hydrogen-bond donors (Lipinski definition) is 1. The Morgan fingerprint density at radius 3 is 2.62 bits per heavy atom. The number of sulfone groups is 1. The van der Waals surface area contributed by atoms with E-state index in [2.05, 4.69) is 0 Å². The molecule has 0 spiro atoms. The average Bonchev–Trinajstić information content (AvgIpc) is 3.04. The number of aromatic nitrogens is 1. The van der Waals surface area contributed by atoms with E-state index in [9.17, 15) is 13.2 Å². The first kappa shape index (κ1) is 11.2. The van der Waals surface area contributed by atoms with Gasteiger partial charge in [0.2, 0.25) is 0 Å². The van der Waals surface area contributed by atoms with Gasteiger partial charge in [0.15, 0.2) is 9.84 Å². The maximum atomic E-state index is 11.9. The highest BCUT2D eigenvalue weighted by Crippen LogP contribution is 2.34. The van der Waals surface area contributed by atoms with Crippen LogP contribution in [0.3, 0.4) is 0 Å². The first-order valence-corrected chi connectivity index (χ1v) is 6.85. The van der Waals surface area contributed by atoms with Crippen molar-refractivity contribution in [3.63, 3.8) is 0 Å². The van der Waals surface area contributed by atoms with Crippen molar-refractivity contribution in [3.8, 4) is 0 Å². The summed E-state index contributed by atoms with van der Waals surface area (Å²) in [5.74, 6) is -0.0869. The maximum Gasteiger partial charge on any atom is 0.269 e. The molecule has 16 heavy (non-hydrogen) atoms.